The normalized spacial score (nSPS) is 22.4. The summed E-state index contributed by atoms with van der Waals surface area (Å²) in [5.41, 5.74) is 1.04. The van der Waals surface area contributed by atoms with Gasteiger partial charge in [-0.3, -0.25) is 4.79 Å². The Morgan fingerprint density at radius 2 is 2.03 bits per heavy atom. The molecule has 1 aliphatic carbocycles. The van der Waals surface area contributed by atoms with Crippen LogP contribution in [-0.4, -0.2) is 44.4 Å². The van der Waals surface area contributed by atoms with Crippen molar-refractivity contribution < 1.29 is 22.7 Å². The first kappa shape index (κ1) is 21.8. The average molecular weight is 475 g/mol. The van der Waals surface area contributed by atoms with Crippen molar-refractivity contribution in [2.45, 2.75) is 44.5 Å². The summed E-state index contributed by atoms with van der Waals surface area (Å²) in [5.74, 6) is 0.268. The molecule has 3 fully saturated rings. The number of carbonyl (C=O) groups is 1. The number of thiazole rings is 1. The Labute approximate surface area is 192 Å². The molecule has 3 atom stereocenters. The number of piperidine rings is 2. The van der Waals surface area contributed by atoms with E-state index in [1.165, 1.54) is 17.4 Å². The Kier molecular flexibility index (Phi) is 5.55. The predicted octanol–water partition coefficient (Wildman–Crippen LogP) is 5.00. The van der Waals surface area contributed by atoms with Gasteiger partial charge in [0.15, 0.2) is 0 Å². The van der Waals surface area contributed by atoms with E-state index in [1.807, 2.05) is 23.3 Å². The van der Waals surface area contributed by atoms with Crippen LogP contribution in [0.3, 0.4) is 0 Å². The maximum Gasteiger partial charge on any atom is 0.417 e. The molecule has 6 rings (SSSR count). The van der Waals surface area contributed by atoms with Gasteiger partial charge in [0.1, 0.15) is 16.8 Å². The molecule has 0 unspecified atom stereocenters. The van der Waals surface area contributed by atoms with E-state index in [0.717, 1.165) is 37.2 Å². The van der Waals surface area contributed by atoms with Crippen molar-refractivity contribution in [1.82, 2.24) is 19.9 Å². The summed E-state index contributed by atoms with van der Waals surface area (Å²) in [4.78, 5) is 28.2. The highest BCUT2D eigenvalue weighted by Gasteiger charge is 2.45. The highest BCUT2D eigenvalue weighted by Crippen LogP contribution is 2.39. The molecule has 0 N–H and O–H groups in total. The van der Waals surface area contributed by atoms with Gasteiger partial charge in [-0.15, -0.1) is 11.3 Å². The third-order valence-electron chi connectivity index (χ3n) is 6.22. The molecule has 1 saturated carbocycles. The van der Waals surface area contributed by atoms with E-state index >= 15 is 0 Å². The molecule has 33 heavy (non-hydrogen) atoms. The molecule has 1 amide bonds. The molecular weight excluding hydrogens is 453 g/mol. The lowest BCUT2D eigenvalue weighted by Gasteiger charge is -2.49. The Hall–Kier alpha value is -3.01. The van der Waals surface area contributed by atoms with Crippen LogP contribution in [0.1, 0.15) is 40.9 Å². The first-order valence-corrected chi connectivity index (χ1v) is 11.6. The molecule has 0 radical (unpaired) electrons. The Morgan fingerprint density at radius 1 is 1.18 bits per heavy atom. The smallest absolute Gasteiger partial charge is 0.417 e. The fourth-order valence-corrected chi connectivity index (χ4v) is 5.29. The molecule has 3 aliphatic rings. The van der Waals surface area contributed by atoms with Gasteiger partial charge >= 0.3 is 6.18 Å². The fourth-order valence-electron chi connectivity index (χ4n) is 4.65. The zero-order chi connectivity index (χ0) is 23.2. The molecule has 2 bridgehead atoms. The number of halogens is 3. The van der Waals surface area contributed by atoms with E-state index < -0.39 is 11.7 Å². The number of amides is 1. The molecule has 3 aromatic heterocycles. The topological polar surface area (TPSA) is 68.2 Å². The maximum absolute atomic E-state index is 13.6. The molecule has 5 heterocycles. The van der Waals surface area contributed by atoms with Crippen molar-refractivity contribution >= 4 is 17.2 Å². The van der Waals surface area contributed by atoms with Crippen molar-refractivity contribution in [3.63, 3.8) is 0 Å². The molecule has 172 valence electrons. The second kappa shape index (κ2) is 8.40. The van der Waals surface area contributed by atoms with Crippen molar-refractivity contribution in [3.8, 4) is 16.6 Å². The van der Waals surface area contributed by atoms with Crippen LogP contribution in [0.2, 0.25) is 0 Å². The second-order valence-electron chi connectivity index (χ2n) is 8.43. The van der Waals surface area contributed by atoms with Gasteiger partial charge in [0.05, 0.1) is 17.2 Å². The van der Waals surface area contributed by atoms with Crippen molar-refractivity contribution in [2.75, 3.05) is 6.54 Å². The number of carbonyl (C=O) groups excluding carboxylic acids is 1. The Morgan fingerprint density at radius 3 is 2.70 bits per heavy atom. The summed E-state index contributed by atoms with van der Waals surface area (Å²) in [6.45, 7) is 2.49. The van der Waals surface area contributed by atoms with E-state index in [9.17, 15) is 18.0 Å². The zero-order valence-corrected chi connectivity index (χ0v) is 18.6. The molecule has 0 spiro atoms. The number of alkyl halides is 3. The van der Waals surface area contributed by atoms with Crippen LogP contribution >= 0.6 is 11.3 Å². The third-order valence-corrected chi connectivity index (χ3v) is 7.00. The molecule has 2 aliphatic heterocycles. The lowest BCUT2D eigenvalue weighted by atomic mass is 9.77. The predicted molar refractivity (Wildman–Crippen MR) is 116 cm³/mol. The minimum Gasteiger partial charge on any atom is -0.472 e. The number of aryl methyl sites for hydroxylation is 1. The van der Waals surface area contributed by atoms with Gasteiger partial charge in [0.25, 0.3) is 5.91 Å². The summed E-state index contributed by atoms with van der Waals surface area (Å²) >= 11 is 1.43. The minimum atomic E-state index is -4.45. The van der Waals surface area contributed by atoms with Crippen LogP contribution in [0.4, 0.5) is 13.2 Å². The summed E-state index contributed by atoms with van der Waals surface area (Å²) < 4.78 is 44.5. The van der Waals surface area contributed by atoms with Gasteiger partial charge in [0, 0.05) is 36.1 Å². The van der Waals surface area contributed by atoms with Crippen molar-refractivity contribution in [2.24, 2.45) is 5.92 Å². The van der Waals surface area contributed by atoms with Gasteiger partial charge in [-0.2, -0.15) is 13.2 Å². The molecule has 2 saturated heterocycles. The molecule has 10 heteroatoms. The summed E-state index contributed by atoms with van der Waals surface area (Å²) in [7, 11) is 0. The molecule has 3 aromatic rings. The number of pyridine rings is 2. The van der Waals surface area contributed by atoms with E-state index in [0.29, 0.717) is 22.8 Å². The number of fused-ring (bicyclic) bond motifs is 3. The van der Waals surface area contributed by atoms with Crippen LogP contribution in [0.5, 0.6) is 5.88 Å². The van der Waals surface area contributed by atoms with Gasteiger partial charge in [0.2, 0.25) is 5.88 Å². The van der Waals surface area contributed by atoms with Crippen molar-refractivity contribution in [3.05, 3.63) is 58.9 Å². The number of aromatic nitrogens is 3. The van der Waals surface area contributed by atoms with E-state index in [1.54, 1.807) is 12.3 Å². The van der Waals surface area contributed by atoms with E-state index in [4.69, 9.17) is 4.74 Å². The van der Waals surface area contributed by atoms with Crippen LogP contribution in [-0.2, 0) is 6.18 Å². The van der Waals surface area contributed by atoms with Gasteiger partial charge in [-0.25, -0.2) is 15.0 Å². The highest BCUT2D eigenvalue weighted by atomic mass is 32.1. The van der Waals surface area contributed by atoms with Crippen LogP contribution in [0.25, 0.3) is 10.7 Å². The first-order valence-electron chi connectivity index (χ1n) is 10.7. The monoisotopic (exact) mass is 474 g/mol. The first-order chi connectivity index (χ1) is 15.8. The molecule has 6 nitrogen and oxygen atoms in total. The van der Waals surface area contributed by atoms with Gasteiger partial charge in [-0.1, -0.05) is 0 Å². The lowest BCUT2D eigenvalue weighted by molar-refractivity contribution is -0.137. The lowest BCUT2D eigenvalue weighted by Crippen LogP contribution is -2.59. The third kappa shape index (κ3) is 4.31. The molecular formula is C23H21F3N4O2S. The number of hydrogen-bond donors (Lipinski definition) is 0. The number of ether oxygens (including phenoxy) is 1. The second-order valence-corrected chi connectivity index (χ2v) is 9.32. The van der Waals surface area contributed by atoms with Crippen LogP contribution in [0.15, 0.2) is 42.0 Å². The standard InChI is InChI=1S/C23H21F3N4O2S/c1-13-2-5-16(20(29-13)21-27-8-9-33-21)22(31)30-12-14-3-6-17(30)18(10-14)32-19-7-4-15(11-28-19)23(24,25)26/h2,4-5,7-9,11,14,17-18H,3,6,10,12H2,1H3/t14-,17-,18+/m0/s1. The number of hydrogen-bond acceptors (Lipinski definition) is 6. The summed E-state index contributed by atoms with van der Waals surface area (Å²) in [6, 6.07) is 5.62. The van der Waals surface area contributed by atoms with Gasteiger partial charge < -0.3 is 9.64 Å². The largest absolute Gasteiger partial charge is 0.472 e. The average Bonchev–Trinajstić information content (AvgIpc) is 3.33. The van der Waals surface area contributed by atoms with Crippen LogP contribution in [0, 0.1) is 12.8 Å². The van der Waals surface area contributed by atoms with E-state index in [-0.39, 0.29) is 29.9 Å². The van der Waals surface area contributed by atoms with E-state index in [2.05, 4.69) is 15.0 Å². The van der Waals surface area contributed by atoms with Crippen molar-refractivity contribution in [1.29, 1.82) is 0 Å². The maximum atomic E-state index is 13.6. The minimum absolute atomic E-state index is 0.129. The SMILES string of the molecule is Cc1ccc(C(=O)N2C[C@H]3CC[C@H]2[C@H](Oc2ccc(C(F)(F)F)cn2)C3)c(-c2nccs2)n1. The number of rotatable bonds is 4. The number of nitrogens with zero attached hydrogens (tertiary/aromatic N) is 4. The highest BCUT2D eigenvalue weighted by molar-refractivity contribution is 7.13. The van der Waals surface area contributed by atoms with Crippen LogP contribution < -0.4 is 4.74 Å². The zero-order valence-electron chi connectivity index (χ0n) is 17.7. The van der Waals surface area contributed by atoms with Gasteiger partial charge in [-0.05, 0) is 50.3 Å². The Balaban J connectivity index is 1.39. The quantitative estimate of drug-likeness (QED) is 0.532. The summed E-state index contributed by atoms with van der Waals surface area (Å²) in [6.07, 6.45) is 0.179. The fraction of sp³-hybridized carbons (Fsp3) is 0.391. The summed E-state index contributed by atoms with van der Waals surface area (Å²) in [5, 5.41) is 2.53. The molecule has 0 aromatic carbocycles. The Bertz CT molecular complexity index is 1150.